The summed E-state index contributed by atoms with van der Waals surface area (Å²) in [7, 11) is 0. The van der Waals surface area contributed by atoms with Crippen molar-refractivity contribution in [2.45, 2.75) is 38.5 Å². The van der Waals surface area contributed by atoms with Gasteiger partial charge in [-0.3, -0.25) is 0 Å². The Balaban J connectivity index is 0.000000140. The van der Waals surface area contributed by atoms with Crippen LogP contribution in [0.1, 0.15) is 49.9 Å². The monoisotopic (exact) mass is 1520 g/mol. The Bertz CT molecular complexity index is 7910. The first-order valence-electron chi connectivity index (χ1n) is 42.2. The van der Waals surface area contributed by atoms with E-state index in [-0.39, 0.29) is 10.8 Å². The van der Waals surface area contributed by atoms with E-state index in [2.05, 4.69) is 452 Å². The lowest BCUT2D eigenvalue weighted by atomic mass is 9.79. The Morgan fingerprint density at radius 2 is 0.375 bits per heavy atom. The first-order chi connectivity index (χ1) is 59.1. The Hall–Kier alpha value is -14.8. The maximum Gasteiger partial charge on any atom is 0.0159 e. The van der Waals surface area contributed by atoms with Gasteiger partial charge in [-0.2, -0.15) is 0 Å². The first-order valence-corrected chi connectivity index (χ1v) is 42.2. The summed E-state index contributed by atoms with van der Waals surface area (Å²) in [5.74, 6) is 0. The van der Waals surface area contributed by atoms with Crippen LogP contribution in [0.4, 0.5) is 0 Å². The van der Waals surface area contributed by atoms with Gasteiger partial charge in [0.15, 0.2) is 0 Å². The summed E-state index contributed by atoms with van der Waals surface area (Å²) in [4.78, 5) is 0. The van der Waals surface area contributed by atoms with Crippen molar-refractivity contribution in [2.24, 2.45) is 0 Å². The summed E-state index contributed by atoms with van der Waals surface area (Å²) in [6.45, 7) is 9.53. The highest BCUT2D eigenvalue weighted by Crippen LogP contribution is 2.56. The SMILES string of the molecule is CC1(C)c2ccccc2-c2ccc(-c3c4ccccc4c(-c4ccc5c(c4)C(C)(C)c4ccccc4-5)c4cc(-c5ccc(-c6cccc7ccccc67)cc5)ccc34)cc21.c1ccc(-c2ccc(-c3c4ccccc4c(-c4ccc5c(-c6cccc7ccccc67)c6ccccc6c(-c6cccc7ccccc67)c5c4)c4ccccc34)cc2)cc1. The fraction of sp³-hybridized carbons (Fsp3) is 0.0500. The molecule has 0 aromatic heterocycles. The van der Waals surface area contributed by atoms with Gasteiger partial charge in [-0.1, -0.05) is 428 Å². The standard InChI is InChI=1S/C60H44.C60H38/c1-59(2)53-22-11-9-17-45(53)47-31-29-41(35-55(47)59)57-49-19-7-8-20-50(49)58(42-30-32-48-46-18-10-12-23-54(46)60(3,4)56(48)36-42)52-34-40(28-33-51(52)57)37-24-26-39(27-25-37)44-21-13-15-38-14-5-6-16-43(38)44;1-2-16-39(17-3-1)40-32-34-43(35-33-40)57-49-24-8-10-26-51(49)58(52-27-11-9-25-50(52)57)44-36-37-55-56(38-44)60(48-31-15-21-42-19-5-7-23-46(42)48)54-29-13-12-28-53(54)59(55)47-30-14-20-41-18-4-6-22-45(41)47/h5-36H,1-4H3;1-38H. The summed E-state index contributed by atoms with van der Waals surface area (Å²) in [6, 6.07) is 158. The van der Waals surface area contributed by atoms with Crippen molar-refractivity contribution in [3.05, 3.63) is 447 Å². The molecule has 0 radical (unpaired) electrons. The fourth-order valence-corrected chi connectivity index (χ4v) is 21.0. The molecule has 0 bridgehead atoms. The molecule has 120 heavy (non-hydrogen) atoms. The number of hydrogen-bond donors (Lipinski definition) is 0. The van der Waals surface area contributed by atoms with E-state index in [1.165, 1.54) is 242 Å². The van der Waals surface area contributed by atoms with Crippen LogP contribution in [0.25, 0.3) is 219 Å². The predicted molar refractivity (Wildman–Crippen MR) is 514 cm³/mol. The zero-order valence-electron chi connectivity index (χ0n) is 67.4. The maximum atomic E-state index is 2.50. The zero-order chi connectivity index (χ0) is 79.9. The molecule has 0 unspecified atom stereocenters. The van der Waals surface area contributed by atoms with E-state index in [4.69, 9.17) is 0 Å². The lowest BCUT2D eigenvalue weighted by Crippen LogP contribution is -2.15. The first kappa shape index (κ1) is 70.6. The summed E-state index contributed by atoms with van der Waals surface area (Å²) < 4.78 is 0. The van der Waals surface area contributed by atoms with E-state index in [1.807, 2.05) is 0 Å². The Labute approximate surface area is 699 Å². The van der Waals surface area contributed by atoms with E-state index in [1.54, 1.807) is 0 Å². The third kappa shape index (κ3) is 11.2. The summed E-state index contributed by atoms with van der Waals surface area (Å²) >= 11 is 0. The molecule has 22 aromatic rings. The van der Waals surface area contributed by atoms with Crippen LogP contribution in [-0.4, -0.2) is 0 Å². The molecule has 22 aromatic carbocycles. The predicted octanol–water partition coefficient (Wildman–Crippen LogP) is 33.4. The number of rotatable bonds is 9. The summed E-state index contributed by atoms with van der Waals surface area (Å²) in [6.07, 6.45) is 0. The third-order valence-electron chi connectivity index (χ3n) is 26.7. The molecule has 0 saturated heterocycles. The minimum absolute atomic E-state index is 0.0896. The van der Waals surface area contributed by atoms with Gasteiger partial charge in [0.25, 0.3) is 0 Å². The second-order valence-electron chi connectivity index (χ2n) is 33.9. The van der Waals surface area contributed by atoms with Gasteiger partial charge in [0, 0.05) is 10.8 Å². The Kier molecular flexibility index (Phi) is 16.4. The van der Waals surface area contributed by atoms with Crippen molar-refractivity contribution in [2.75, 3.05) is 0 Å². The molecular formula is C120H82. The normalized spacial score (nSPS) is 13.0. The van der Waals surface area contributed by atoms with Crippen molar-refractivity contribution in [3.8, 4) is 122 Å². The molecule has 0 nitrogen and oxygen atoms in total. The van der Waals surface area contributed by atoms with E-state index >= 15 is 0 Å². The highest BCUT2D eigenvalue weighted by molar-refractivity contribution is 6.28. The minimum atomic E-state index is -0.0979. The van der Waals surface area contributed by atoms with Gasteiger partial charge in [0.1, 0.15) is 0 Å². The second kappa shape index (κ2) is 28.0. The van der Waals surface area contributed by atoms with Gasteiger partial charge in [-0.05, 0) is 266 Å². The van der Waals surface area contributed by atoms with Crippen molar-refractivity contribution in [3.63, 3.8) is 0 Å². The van der Waals surface area contributed by atoms with Crippen LogP contribution >= 0.6 is 0 Å². The second-order valence-corrected chi connectivity index (χ2v) is 33.9. The molecule has 0 aliphatic heterocycles. The van der Waals surface area contributed by atoms with Crippen LogP contribution in [0, 0.1) is 0 Å². The highest BCUT2D eigenvalue weighted by atomic mass is 14.4. The maximum absolute atomic E-state index is 2.50. The highest BCUT2D eigenvalue weighted by Gasteiger charge is 2.38. The molecule has 2 aliphatic carbocycles. The molecule has 24 rings (SSSR count). The van der Waals surface area contributed by atoms with Crippen LogP contribution in [0.3, 0.4) is 0 Å². The van der Waals surface area contributed by atoms with Crippen LogP contribution in [0.2, 0.25) is 0 Å². The molecule has 0 heterocycles. The van der Waals surface area contributed by atoms with Crippen molar-refractivity contribution in [1.82, 2.24) is 0 Å². The fourth-order valence-electron chi connectivity index (χ4n) is 21.0. The Morgan fingerprint density at radius 3 is 0.842 bits per heavy atom. The van der Waals surface area contributed by atoms with Crippen LogP contribution in [0.15, 0.2) is 425 Å². The molecule has 2 aliphatic rings. The molecule has 562 valence electrons. The Morgan fingerprint density at radius 1 is 0.125 bits per heavy atom. The van der Waals surface area contributed by atoms with Gasteiger partial charge < -0.3 is 0 Å². The van der Waals surface area contributed by atoms with E-state index in [0.29, 0.717) is 0 Å². The molecule has 0 atom stereocenters. The average molecular weight is 1520 g/mol. The van der Waals surface area contributed by atoms with Crippen LogP contribution in [0.5, 0.6) is 0 Å². The van der Waals surface area contributed by atoms with Crippen LogP contribution in [-0.2, 0) is 10.8 Å². The van der Waals surface area contributed by atoms with Crippen molar-refractivity contribution in [1.29, 1.82) is 0 Å². The zero-order valence-corrected chi connectivity index (χ0v) is 67.4. The average Bonchev–Trinajstić information content (AvgIpc) is 0.929. The van der Waals surface area contributed by atoms with E-state index in [9.17, 15) is 0 Å². The summed E-state index contributed by atoms with van der Waals surface area (Å²) in [5.41, 5.74) is 33.3. The minimum Gasteiger partial charge on any atom is -0.0622 e. The number of fused-ring (bicyclic) bond motifs is 15. The summed E-state index contributed by atoms with van der Waals surface area (Å²) in [5, 5.41) is 22.7. The molecule has 0 spiro atoms. The van der Waals surface area contributed by atoms with Crippen molar-refractivity contribution >= 4 is 97.0 Å². The molecule has 0 amide bonds. The molecule has 0 saturated carbocycles. The topological polar surface area (TPSA) is 0 Å². The molecule has 0 fully saturated rings. The lowest BCUT2D eigenvalue weighted by Gasteiger charge is -2.24. The van der Waals surface area contributed by atoms with Crippen molar-refractivity contribution < 1.29 is 0 Å². The molecular weight excluding hydrogens is 1440 g/mol. The van der Waals surface area contributed by atoms with Gasteiger partial charge >= 0.3 is 0 Å². The van der Waals surface area contributed by atoms with Gasteiger partial charge in [0.05, 0.1) is 0 Å². The smallest absolute Gasteiger partial charge is 0.0159 e. The van der Waals surface area contributed by atoms with Gasteiger partial charge in [0.2, 0.25) is 0 Å². The van der Waals surface area contributed by atoms with Gasteiger partial charge in [-0.25, -0.2) is 0 Å². The third-order valence-corrected chi connectivity index (χ3v) is 26.7. The molecule has 0 N–H and O–H groups in total. The van der Waals surface area contributed by atoms with Gasteiger partial charge in [-0.15, -0.1) is 0 Å². The number of hydrogen-bond acceptors (Lipinski definition) is 0. The van der Waals surface area contributed by atoms with Crippen LogP contribution < -0.4 is 0 Å². The largest absolute Gasteiger partial charge is 0.0622 e. The molecule has 0 heteroatoms. The van der Waals surface area contributed by atoms with E-state index < -0.39 is 0 Å². The lowest BCUT2D eigenvalue weighted by molar-refractivity contribution is 0.660. The quantitative estimate of drug-likeness (QED) is 0.126. The van der Waals surface area contributed by atoms with E-state index in [0.717, 1.165) is 0 Å². The number of benzene rings is 22.